The van der Waals surface area contributed by atoms with Gasteiger partial charge in [0.05, 0.1) is 18.2 Å². The first-order valence-electron chi connectivity index (χ1n) is 8.74. The number of piperazine rings is 1. The normalized spacial score (nSPS) is 16.7. The maximum Gasteiger partial charge on any atom is 0.409 e. The van der Waals surface area contributed by atoms with Crippen LogP contribution in [-0.2, 0) is 4.74 Å². The number of carbonyl (C=O) groups excluding carboxylic acids is 4. The van der Waals surface area contributed by atoms with Crippen LogP contribution in [0, 0.1) is 0 Å². The lowest BCUT2D eigenvalue weighted by atomic mass is 10.1. The van der Waals surface area contributed by atoms with Crippen LogP contribution in [-0.4, -0.2) is 78.0 Å². The lowest BCUT2D eigenvalue weighted by Gasteiger charge is -2.33. The molecule has 0 aliphatic carbocycles. The van der Waals surface area contributed by atoms with Gasteiger partial charge in [0, 0.05) is 37.9 Å². The molecule has 0 atom stereocenters. The Hall–Kier alpha value is -3.10. The summed E-state index contributed by atoms with van der Waals surface area (Å²) in [4.78, 5) is 53.0. The molecule has 144 valence electrons. The van der Waals surface area contributed by atoms with Crippen LogP contribution in [0.4, 0.5) is 15.3 Å². The van der Waals surface area contributed by atoms with E-state index >= 15 is 0 Å². The molecule has 2 aliphatic rings. The predicted octanol–water partition coefficient (Wildman–Crippen LogP) is 1.61. The number of benzene rings is 1. The summed E-state index contributed by atoms with van der Waals surface area (Å²) in [6, 6.07) is 4.14. The van der Waals surface area contributed by atoms with Crippen molar-refractivity contribution in [2.24, 2.45) is 0 Å². The molecule has 9 nitrogen and oxygen atoms in total. The van der Waals surface area contributed by atoms with E-state index in [9.17, 15) is 19.2 Å². The van der Waals surface area contributed by atoms with E-state index in [2.05, 4.69) is 10.1 Å². The van der Waals surface area contributed by atoms with Crippen molar-refractivity contribution in [1.82, 2.24) is 14.7 Å². The first kappa shape index (κ1) is 18.7. The number of methoxy groups -OCH3 is 1. The molecule has 5 amide bonds. The molecule has 1 aromatic carbocycles. The summed E-state index contributed by atoms with van der Waals surface area (Å²) in [7, 11) is 1.32. The van der Waals surface area contributed by atoms with E-state index in [4.69, 9.17) is 0 Å². The van der Waals surface area contributed by atoms with Crippen molar-refractivity contribution in [1.29, 1.82) is 0 Å². The molecule has 0 saturated carbocycles. The average Bonchev–Trinajstić information content (AvgIpc) is 2.91. The first-order chi connectivity index (χ1) is 12.8. The summed E-state index contributed by atoms with van der Waals surface area (Å²) in [5, 5.41) is 2.75. The summed E-state index contributed by atoms with van der Waals surface area (Å²) < 4.78 is 4.67. The maximum absolute atomic E-state index is 12.5. The van der Waals surface area contributed by atoms with Crippen LogP contribution in [0.5, 0.6) is 0 Å². The Morgan fingerprint density at radius 3 is 2.19 bits per heavy atom. The zero-order valence-electron chi connectivity index (χ0n) is 15.5. The van der Waals surface area contributed by atoms with Crippen molar-refractivity contribution in [3.05, 3.63) is 29.3 Å². The molecule has 1 N–H and O–H groups in total. The van der Waals surface area contributed by atoms with Crippen LogP contribution in [0.3, 0.4) is 0 Å². The highest BCUT2D eigenvalue weighted by atomic mass is 16.5. The van der Waals surface area contributed by atoms with E-state index in [1.807, 2.05) is 0 Å². The van der Waals surface area contributed by atoms with Gasteiger partial charge in [-0.2, -0.15) is 0 Å². The standard InChI is InChI=1S/C18H22N4O5/c1-11(2)22-15(23)13-5-4-12(10-14(13)16(22)24)19-17(25)20-6-8-21(9-7-20)18(26)27-3/h4-5,10-11H,6-9H2,1-3H3,(H,19,25). The largest absolute Gasteiger partial charge is 0.453 e. The average molecular weight is 374 g/mol. The van der Waals surface area contributed by atoms with E-state index in [1.165, 1.54) is 23.0 Å². The van der Waals surface area contributed by atoms with Gasteiger partial charge in [-0.3, -0.25) is 14.5 Å². The molecule has 3 rings (SSSR count). The molecule has 27 heavy (non-hydrogen) atoms. The highest BCUT2D eigenvalue weighted by Crippen LogP contribution is 2.27. The Morgan fingerprint density at radius 1 is 1.00 bits per heavy atom. The number of hydrogen-bond acceptors (Lipinski definition) is 5. The number of anilines is 1. The number of amides is 5. The second-order valence-electron chi connectivity index (χ2n) is 6.71. The van der Waals surface area contributed by atoms with Gasteiger partial charge in [0.15, 0.2) is 0 Å². The Labute approximate surface area is 156 Å². The van der Waals surface area contributed by atoms with Crippen molar-refractivity contribution in [2.45, 2.75) is 19.9 Å². The number of imide groups is 1. The van der Waals surface area contributed by atoms with Gasteiger partial charge < -0.3 is 19.9 Å². The summed E-state index contributed by atoms with van der Waals surface area (Å²) in [6.45, 7) is 5.09. The fourth-order valence-electron chi connectivity index (χ4n) is 3.23. The summed E-state index contributed by atoms with van der Waals surface area (Å²) in [6.07, 6.45) is -0.411. The molecule has 0 spiro atoms. The van der Waals surface area contributed by atoms with Gasteiger partial charge in [-0.25, -0.2) is 9.59 Å². The summed E-state index contributed by atoms with van der Waals surface area (Å²) >= 11 is 0. The van der Waals surface area contributed by atoms with Crippen LogP contribution in [0.25, 0.3) is 0 Å². The minimum atomic E-state index is -0.411. The van der Waals surface area contributed by atoms with Crippen molar-refractivity contribution >= 4 is 29.6 Å². The lowest BCUT2D eigenvalue weighted by molar-refractivity contribution is 0.0609. The van der Waals surface area contributed by atoms with E-state index in [0.29, 0.717) is 43.0 Å². The van der Waals surface area contributed by atoms with Crippen molar-refractivity contribution in [2.75, 3.05) is 38.6 Å². The number of carbonyl (C=O) groups is 4. The van der Waals surface area contributed by atoms with E-state index < -0.39 is 6.09 Å². The van der Waals surface area contributed by atoms with Crippen LogP contribution in [0.15, 0.2) is 18.2 Å². The van der Waals surface area contributed by atoms with Crippen molar-refractivity contribution < 1.29 is 23.9 Å². The number of rotatable bonds is 2. The Kier molecular flexibility index (Phi) is 5.02. The van der Waals surface area contributed by atoms with E-state index in [-0.39, 0.29) is 23.9 Å². The number of fused-ring (bicyclic) bond motifs is 1. The third-order valence-corrected chi connectivity index (χ3v) is 4.69. The number of ether oxygens (including phenoxy) is 1. The monoisotopic (exact) mass is 374 g/mol. The zero-order chi connectivity index (χ0) is 19.7. The fourth-order valence-corrected chi connectivity index (χ4v) is 3.23. The molecule has 0 unspecified atom stereocenters. The minimum absolute atomic E-state index is 0.235. The molecule has 2 heterocycles. The second-order valence-corrected chi connectivity index (χ2v) is 6.71. The quantitative estimate of drug-likeness (QED) is 0.793. The van der Waals surface area contributed by atoms with Gasteiger partial charge in [-0.15, -0.1) is 0 Å². The van der Waals surface area contributed by atoms with Crippen LogP contribution >= 0.6 is 0 Å². The highest BCUT2D eigenvalue weighted by molar-refractivity contribution is 6.22. The number of urea groups is 1. The molecule has 9 heteroatoms. The Morgan fingerprint density at radius 2 is 1.59 bits per heavy atom. The van der Waals surface area contributed by atoms with Crippen LogP contribution in [0.2, 0.25) is 0 Å². The van der Waals surface area contributed by atoms with Crippen LogP contribution in [0.1, 0.15) is 34.6 Å². The Balaban J connectivity index is 1.66. The number of nitrogens with one attached hydrogen (secondary N) is 1. The topological polar surface area (TPSA) is 99.3 Å². The van der Waals surface area contributed by atoms with Gasteiger partial charge >= 0.3 is 12.1 Å². The second kappa shape index (κ2) is 7.26. The fraction of sp³-hybridized carbons (Fsp3) is 0.444. The summed E-state index contributed by atoms with van der Waals surface area (Å²) in [5.74, 6) is -0.672. The van der Waals surface area contributed by atoms with Gasteiger partial charge in [0.25, 0.3) is 11.8 Å². The van der Waals surface area contributed by atoms with E-state index in [0.717, 1.165) is 0 Å². The molecule has 1 saturated heterocycles. The molecular weight excluding hydrogens is 352 g/mol. The molecular formula is C18H22N4O5. The maximum atomic E-state index is 12.5. The van der Waals surface area contributed by atoms with Gasteiger partial charge in [-0.05, 0) is 32.0 Å². The molecule has 0 aromatic heterocycles. The predicted molar refractivity (Wildman–Crippen MR) is 96.6 cm³/mol. The van der Waals surface area contributed by atoms with Crippen molar-refractivity contribution in [3.8, 4) is 0 Å². The lowest BCUT2D eigenvalue weighted by Crippen LogP contribution is -2.51. The van der Waals surface area contributed by atoms with Crippen LogP contribution < -0.4 is 5.32 Å². The number of hydrogen-bond donors (Lipinski definition) is 1. The van der Waals surface area contributed by atoms with E-state index in [1.54, 1.807) is 30.9 Å². The Bertz CT molecular complexity index is 799. The van der Waals surface area contributed by atoms with Gasteiger partial charge in [0.1, 0.15) is 0 Å². The molecule has 2 aliphatic heterocycles. The highest BCUT2D eigenvalue weighted by Gasteiger charge is 2.37. The SMILES string of the molecule is COC(=O)N1CCN(C(=O)Nc2ccc3c(c2)C(=O)N(C(C)C)C3=O)CC1. The molecule has 1 fully saturated rings. The molecule has 0 bridgehead atoms. The first-order valence-corrected chi connectivity index (χ1v) is 8.74. The smallest absolute Gasteiger partial charge is 0.409 e. The minimum Gasteiger partial charge on any atom is -0.453 e. The van der Waals surface area contributed by atoms with Gasteiger partial charge in [-0.1, -0.05) is 0 Å². The van der Waals surface area contributed by atoms with Gasteiger partial charge in [0.2, 0.25) is 0 Å². The summed E-state index contributed by atoms with van der Waals surface area (Å²) in [5.41, 5.74) is 1.08. The number of nitrogens with zero attached hydrogens (tertiary/aromatic N) is 3. The molecule has 0 radical (unpaired) electrons. The third kappa shape index (κ3) is 3.44. The van der Waals surface area contributed by atoms with Crippen molar-refractivity contribution in [3.63, 3.8) is 0 Å². The third-order valence-electron chi connectivity index (χ3n) is 4.69. The molecule has 1 aromatic rings. The zero-order valence-corrected chi connectivity index (χ0v) is 15.5.